The number of aromatic nitrogens is 1. The van der Waals surface area contributed by atoms with Crippen LogP contribution >= 0.6 is 0 Å². The first kappa shape index (κ1) is 17.7. The summed E-state index contributed by atoms with van der Waals surface area (Å²) in [6.45, 7) is 2.87. The molecule has 2 fully saturated rings. The molecule has 1 atom stereocenters. The molecular formula is C21H23N3O3. The van der Waals surface area contributed by atoms with Crippen molar-refractivity contribution in [3.8, 4) is 11.3 Å². The first-order valence-corrected chi connectivity index (χ1v) is 9.46. The molecule has 0 bridgehead atoms. The van der Waals surface area contributed by atoms with Gasteiger partial charge in [-0.1, -0.05) is 12.1 Å². The number of ether oxygens (including phenoxy) is 1. The molecule has 2 saturated heterocycles. The molecule has 6 nitrogen and oxygen atoms in total. The van der Waals surface area contributed by atoms with Crippen LogP contribution in [-0.4, -0.2) is 54.0 Å². The van der Waals surface area contributed by atoms with Crippen molar-refractivity contribution in [2.45, 2.75) is 25.3 Å². The number of pyridine rings is 1. The molecule has 1 N–H and O–H groups in total. The fourth-order valence-corrected chi connectivity index (χ4v) is 3.60. The van der Waals surface area contributed by atoms with Gasteiger partial charge in [-0.15, -0.1) is 0 Å². The maximum absolute atomic E-state index is 12.8. The highest BCUT2D eigenvalue weighted by Crippen LogP contribution is 2.24. The van der Waals surface area contributed by atoms with Crippen LogP contribution in [0.15, 0.2) is 42.6 Å². The summed E-state index contributed by atoms with van der Waals surface area (Å²) < 4.78 is 5.29. The van der Waals surface area contributed by atoms with Crippen LogP contribution in [0.1, 0.15) is 40.0 Å². The Labute approximate surface area is 158 Å². The van der Waals surface area contributed by atoms with Gasteiger partial charge in [0, 0.05) is 37.0 Å². The number of rotatable bonds is 4. The SMILES string of the molecule is O=C(NC1CCOC1)c1ccc(-c2ncccc2C(=O)N2CCCC2)cc1. The van der Waals surface area contributed by atoms with Crippen molar-refractivity contribution in [2.75, 3.05) is 26.3 Å². The lowest BCUT2D eigenvalue weighted by Crippen LogP contribution is -2.34. The minimum atomic E-state index is -0.105. The van der Waals surface area contributed by atoms with Crippen LogP contribution in [0, 0.1) is 0 Å². The third-order valence-electron chi connectivity index (χ3n) is 5.12. The largest absolute Gasteiger partial charge is 0.379 e. The van der Waals surface area contributed by atoms with Crippen molar-refractivity contribution in [1.29, 1.82) is 0 Å². The number of nitrogens with one attached hydrogen (secondary N) is 1. The van der Waals surface area contributed by atoms with Gasteiger partial charge in [0.1, 0.15) is 0 Å². The Kier molecular flexibility index (Phi) is 5.16. The summed E-state index contributed by atoms with van der Waals surface area (Å²) in [6.07, 6.45) is 4.64. The number of nitrogens with zero attached hydrogens (tertiary/aromatic N) is 2. The third-order valence-corrected chi connectivity index (χ3v) is 5.12. The molecule has 6 heteroatoms. The molecule has 2 amide bonds. The molecule has 140 valence electrons. The molecule has 2 aliphatic rings. The van der Waals surface area contributed by atoms with Gasteiger partial charge < -0.3 is 15.0 Å². The van der Waals surface area contributed by atoms with Crippen LogP contribution in [-0.2, 0) is 4.74 Å². The van der Waals surface area contributed by atoms with Gasteiger partial charge in [0.25, 0.3) is 11.8 Å². The summed E-state index contributed by atoms with van der Waals surface area (Å²) in [5.41, 5.74) is 2.69. The van der Waals surface area contributed by atoms with E-state index in [0.29, 0.717) is 30.0 Å². The summed E-state index contributed by atoms with van der Waals surface area (Å²) in [7, 11) is 0. The molecular weight excluding hydrogens is 342 g/mol. The van der Waals surface area contributed by atoms with Crippen LogP contribution in [0.3, 0.4) is 0 Å². The molecule has 27 heavy (non-hydrogen) atoms. The van der Waals surface area contributed by atoms with E-state index in [4.69, 9.17) is 4.74 Å². The zero-order valence-electron chi connectivity index (χ0n) is 15.2. The minimum absolute atomic E-state index is 0.0265. The van der Waals surface area contributed by atoms with Crippen molar-refractivity contribution in [3.05, 3.63) is 53.7 Å². The zero-order chi connectivity index (χ0) is 18.6. The second kappa shape index (κ2) is 7.88. The van der Waals surface area contributed by atoms with Gasteiger partial charge in [0.2, 0.25) is 0 Å². The standard InChI is InChI=1S/C21H23N3O3/c25-20(23-17-9-13-27-14-17)16-7-5-15(6-8-16)19-18(4-3-10-22-19)21(26)24-11-1-2-12-24/h3-8,10,17H,1-2,9,11-14H2,(H,23,25). The summed E-state index contributed by atoms with van der Waals surface area (Å²) in [4.78, 5) is 31.5. The van der Waals surface area contributed by atoms with Crippen LogP contribution in [0.2, 0.25) is 0 Å². The van der Waals surface area contributed by atoms with Gasteiger partial charge in [0.15, 0.2) is 0 Å². The Morgan fingerprint density at radius 1 is 1.11 bits per heavy atom. The number of benzene rings is 1. The maximum Gasteiger partial charge on any atom is 0.256 e. The first-order valence-electron chi connectivity index (χ1n) is 9.46. The Hall–Kier alpha value is -2.73. The van der Waals surface area contributed by atoms with E-state index in [1.54, 1.807) is 24.4 Å². The number of amides is 2. The second-order valence-corrected chi connectivity index (χ2v) is 7.01. The fraction of sp³-hybridized carbons (Fsp3) is 0.381. The van der Waals surface area contributed by atoms with Crippen LogP contribution < -0.4 is 5.32 Å². The van der Waals surface area contributed by atoms with Gasteiger partial charge in [-0.3, -0.25) is 14.6 Å². The van der Waals surface area contributed by atoms with E-state index in [2.05, 4.69) is 10.3 Å². The van der Waals surface area contributed by atoms with E-state index >= 15 is 0 Å². The quantitative estimate of drug-likeness (QED) is 0.904. The molecule has 1 aromatic carbocycles. The molecule has 1 aromatic heterocycles. The Morgan fingerprint density at radius 2 is 1.89 bits per heavy atom. The number of likely N-dealkylation sites (tertiary alicyclic amines) is 1. The highest BCUT2D eigenvalue weighted by atomic mass is 16.5. The summed E-state index contributed by atoms with van der Waals surface area (Å²) in [5, 5.41) is 2.98. The molecule has 0 aliphatic carbocycles. The van der Waals surface area contributed by atoms with Crippen LogP contribution in [0.5, 0.6) is 0 Å². The highest BCUT2D eigenvalue weighted by molar-refractivity contribution is 6.00. The van der Waals surface area contributed by atoms with E-state index in [1.165, 1.54) is 0 Å². The Morgan fingerprint density at radius 3 is 2.59 bits per heavy atom. The van der Waals surface area contributed by atoms with Crippen molar-refractivity contribution in [3.63, 3.8) is 0 Å². The van der Waals surface area contributed by atoms with Gasteiger partial charge in [0.05, 0.1) is 23.9 Å². The van der Waals surface area contributed by atoms with E-state index in [-0.39, 0.29) is 17.9 Å². The lowest BCUT2D eigenvalue weighted by molar-refractivity contribution is 0.0792. The zero-order valence-corrected chi connectivity index (χ0v) is 15.2. The van der Waals surface area contributed by atoms with Crippen molar-refractivity contribution in [1.82, 2.24) is 15.2 Å². The van der Waals surface area contributed by atoms with Gasteiger partial charge >= 0.3 is 0 Å². The monoisotopic (exact) mass is 365 g/mol. The molecule has 2 aromatic rings. The molecule has 3 heterocycles. The van der Waals surface area contributed by atoms with Crippen molar-refractivity contribution >= 4 is 11.8 Å². The van der Waals surface area contributed by atoms with Crippen molar-refractivity contribution in [2.24, 2.45) is 0 Å². The summed E-state index contributed by atoms with van der Waals surface area (Å²) in [5.74, 6) is -0.0786. The predicted octanol–water partition coefficient (Wildman–Crippen LogP) is 2.50. The minimum Gasteiger partial charge on any atom is -0.379 e. The van der Waals surface area contributed by atoms with Crippen molar-refractivity contribution < 1.29 is 14.3 Å². The van der Waals surface area contributed by atoms with Gasteiger partial charge in [-0.2, -0.15) is 0 Å². The lowest BCUT2D eigenvalue weighted by atomic mass is 10.0. The first-order chi connectivity index (χ1) is 13.2. The van der Waals surface area contributed by atoms with Gasteiger partial charge in [-0.25, -0.2) is 0 Å². The highest BCUT2D eigenvalue weighted by Gasteiger charge is 2.23. The third kappa shape index (κ3) is 3.85. The molecule has 1 unspecified atom stereocenters. The molecule has 4 rings (SSSR count). The van der Waals surface area contributed by atoms with E-state index in [9.17, 15) is 9.59 Å². The van der Waals surface area contributed by atoms with E-state index in [0.717, 1.165) is 37.9 Å². The smallest absolute Gasteiger partial charge is 0.256 e. The maximum atomic E-state index is 12.8. The number of hydrogen-bond acceptors (Lipinski definition) is 4. The second-order valence-electron chi connectivity index (χ2n) is 7.01. The lowest BCUT2D eigenvalue weighted by Gasteiger charge is -2.17. The number of carbonyl (C=O) groups is 2. The topological polar surface area (TPSA) is 71.5 Å². The van der Waals surface area contributed by atoms with Crippen LogP contribution in [0.4, 0.5) is 0 Å². The fourth-order valence-electron chi connectivity index (χ4n) is 3.60. The Bertz CT molecular complexity index is 823. The number of hydrogen-bond donors (Lipinski definition) is 1. The van der Waals surface area contributed by atoms with E-state index in [1.807, 2.05) is 23.1 Å². The molecule has 0 saturated carbocycles. The Balaban J connectivity index is 1.53. The number of carbonyl (C=O) groups excluding carboxylic acids is 2. The molecule has 0 radical (unpaired) electrons. The average molecular weight is 365 g/mol. The molecule has 0 spiro atoms. The molecule has 2 aliphatic heterocycles. The van der Waals surface area contributed by atoms with Crippen LogP contribution in [0.25, 0.3) is 11.3 Å². The summed E-state index contributed by atoms with van der Waals surface area (Å²) >= 11 is 0. The average Bonchev–Trinajstić information content (AvgIpc) is 3.42. The predicted molar refractivity (Wildman–Crippen MR) is 102 cm³/mol. The van der Waals surface area contributed by atoms with Gasteiger partial charge in [-0.05, 0) is 43.5 Å². The summed E-state index contributed by atoms with van der Waals surface area (Å²) in [6, 6.07) is 10.9. The normalized spacial score (nSPS) is 19.3. The van der Waals surface area contributed by atoms with E-state index < -0.39 is 0 Å².